The maximum Gasteiger partial charge on any atom is 0.338 e. The van der Waals surface area contributed by atoms with Crippen LogP contribution in [0.4, 0.5) is 0 Å². The zero-order valence-electron chi connectivity index (χ0n) is 17.0. The van der Waals surface area contributed by atoms with Gasteiger partial charge in [0.15, 0.2) is 0 Å². The van der Waals surface area contributed by atoms with Crippen molar-refractivity contribution in [1.29, 1.82) is 0 Å². The fourth-order valence-corrected chi connectivity index (χ4v) is 2.61. The standard InChI is InChI=1S/C23H34O3/c1-18(2)8-6-9-19(3)10-7-11-20(4)16-17-26-23(24)21-12-14-22(25-5)15-13-21/h8,10,12-15,20H,6-7,9,11,16-17H2,1-5H3/b19-10+. The molecule has 0 aromatic heterocycles. The van der Waals surface area contributed by atoms with Crippen molar-refractivity contribution in [1.82, 2.24) is 0 Å². The fourth-order valence-electron chi connectivity index (χ4n) is 2.61. The van der Waals surface area contributed by atoms with Gasteiger partial charge in [-0.1, -0.05) is 30.2 Å². The van der Waals surface area contributed by atoms with Crippen LogP contribution in [0.5, 0.6) is 5.75 Å². The predicted molar refractivity (Wildman–Crippen MR) is 109 cm³/mol. The molecule has 0 saturated heterocycles. The number of carbonyl (C=O) groups excluding carboxylic acids is 1. The van der Waals surface area contributed by atoms with Crippen LogP contribution in [0, 0.1) is 5.92 Å². The van der Waals surface area contributed by atoms with Gasteiger partial charge in [-0.25, -0.2) is 4.79 Å². The fraction of sp³-hybridized carbons (Fsp3) is 0.522. The van der Waals surface area contributed by atoms with Gasteiger partial charge < -0.3 is 9.47 Å². The highest BCUT2D eigenvalue weighted by Crippen LogP contribution is 2.15. The molecule has 1 aromatic rings. The Balaban J connectivity index is 2.22. The Kier molecular flexibility index (Phi) is 10.5. The minimum absolute atomic E-state index is 0.269. The highest BCUT2D eigenvalue weighted by molar-refractivity contribution is 5.89. The third kappa shape index (κ3) is 9.45. The lowest BCUT2D eigenvalue weighted by Crippen LogP contribution is -2.09. The summed E-state index contributed by atoms with van der Waals surface area (Å²) in [5.41, 5.74) is 3.41. The van der Waals surface area contributed by atoms with E-state index >= 15 is 0 Å². The molecular weight excluding hydrogens is 324 g/mol. The molecular formula is C23H34O3. The molecule has 0 fully saturated rings. The number of rotatable bonds is 11. The van der Waals surface area contributed by atoms with Gasteiger partial charge in [-0.05, 0) is 83.1 Å². The number of ether oxygens (including phenoxy) is 2. The summed E-state index contributed by atoms with van der Waals surface area (Å²) in [6.45, 7) is 9.17. The molecule has 0 heterocycles. The van der Waals surface area contributed by atoms with Gasteiger partial charge in [-0.15, -0.1) is 0 Å². The predicted octanol–water partition coefficient (Wildman–Crippen LogP) is 6.35. The highest BCUT2D eigenvalue weighted by atomic mass is 16.5. The van der Waals surface area contributed by atoms with Crippen LogP contribution >= 0.6 is 0 Å². The lowest BCUT2D eigenvalue weighted by Gasteiger charge is -2.11. The molecule has 1 aromatic carbocycles. The second kappa shape index (κ2) is 12.3. The molecule has 0 saturated carbocycles. The third-order valence-electron chi connectivity index (χ3n) is 4.41. The molecule has 0 aliphatic rings. The van der Waals surface area contributed by atoms with Crippen molar-refractivity contribution in [3.05, 3.63) is 53.1 Å². The topological polar surface area (TPSA) is 35.5 Å². The average Bonchev–Trinajstić information content (AvgIpc) is 2.61. The summed E-state index contributed by atoms with van der Waals surface area (Å²) in [4.78, 5) is 12.0. The van der Waals surface area contributed by atoms with E-state index in [1.165, 1.54) is 11.1 Å². The second-order valence-electron chi connectivity index (χ2n) is 7.21. The number of allylic oxidation sites excluding steroid dienone is 4. The Labute approximate surface area is 159 Å². The molecule has 0 aliphatic carbocycles. The number of benzene rings is 1. The van der Waals surface area contributed by atoms with Crippen LogP contribution in [0.15, 0.2) is 47.6 Å². The van der Waals surface area contributed by atoms with Gasteiger partial charge >= 0.3 is 5.97 Å². The van der Waals surface area contributed by atoms with Crippen molar-refractivity contribution in [2.45, 2.75) is 59.8 Å². The number of hydrogen-bond donors (Lipinski definition) is 0. The molecule has 1 unspecified atom stereocenters. The maximum absolute atomic E-state index is 12.0. The van der Waals surface area contributed by atoms with Gasteiger partial charge in [-0.3, -0.25) is 0 Å². The summed E-state index contributed by atoms with van der Waals surface area (Å²) in [5.74, 6) is 1.01. The van der Waals surface area contributed by atoms with Crippen molar-refractivity contribution in [3.8, 4) is 5.75 Å². The summed E-state index contributed by atoms with van der Waals surface area (Å²) in [6.07, 6.45) is 10.0. The van der Waals surface area contributed by atoms with Crippen LogP contribution in [-0.2, 0) is 4.74 Å². The van der Waals surface area contributed by atoms with Crippen LogP contribution in [0.2, 0.25) is 0 Å². The normalized spacial score (nSPS) is 12.4. The van der Waals surface area contributed by atoms with Crippen molar-refractivity contribution in [2.75, 3.05) is 13.7 Å². The van der Waals surface area contributed by atoms with E-state index in [0.29, 0.717) is 18.1 Å². The second-order valence-corrected chi connectivity index (χ2v) is 7.21. The van der Waals surface area contributed by atoms with Gasteiger partial charge in [0.1, 0.15) is 5.75 Å². The molecule has 0 aliphatic heterocycles. The molecule has 1 atom stereocenters. The lowest BCUT2D eigenvalue weighted by atomic mass is 10.0. The molecule has 0 spiro atoms. The van der Waals surface area contributed by atoms with E-state index in [1.54, 1.807) is 31.4 Å². The first-order chi connectivity index (χ1) is 12.4. The number of carbonyl (C=O) groups is 1. The van der Waals surface area contributed by atoms with Crippen LogP contribution in [0.25, 0.3) is 0 Å². The first-order valence-electron chi connectivity index (χ1n) is 9.52. The SMILES string of the molecule is COc1ccc(C(=O)OCCC(C)CC/C=C(\C)CCC=C(C)C)cc1. The van der Waals surface area contributed by atoms with E-state index in [-0.39, 0.29) is 5.97 Å². The molecule has 0 amide bonds. The van der Waals surface area contributed by atoms with E-state index in [9.17, 15) is 4.79 Å². The Hall–Kier alpha value is -2.03. The Morgan fingerprint density at radius 2 is 1.73 bits per heavy atom. The highest BCUT2D eigenvalue weighted by Gasteiger charge is 2.08. The van der Waals surface area contributed by atoms with Gasteiger partial charge in [0.05, 0.1) is 19.3 Å². The van der Waals surface area contributed by atoms with Crippen LogP contribution in [0.1, 0.15) is 70.2 Å². The smallest absolute Gasteiger partial charge is 0.338 e. The van der Waals surface area contributed by atoms with E-state index in [2.05, 4.69) is 39.8 Å². The lowest BCUT2D eigenvalue weighted by molar-refractivity contribution is 0.0484. The monoisotopic (exact) mass is 358 g/mol. The van der Waals surface area contributed by atoms with E-state index < -0.39 is 0 Å². The van der Waals surface area contributed by atoms with Gasteiger partial charge in [0, 0.05) is 0 Å². The van der Waals surface area contributed by atoms with Crippen LogP contribution in [-0.4, -0.2) is 19.7 Å². The summed E-state index contributed by atoms with van der Waals surface area (Å²) in [5, 5.41) is 0. The Morgan fingerprint density at radius 3 is 2.35 bits per heavy atom. The summed E-state index contributed by atoms with van der Waals surface area (Å²) in [7, 11) is 1.61. The van der Waals surface area contributed by atoms with Crippen LogP contribution < -0.4 is 4.74 Å². The van der Waals surface area contributed by atoms with Crippen molar-refractivity contribution < 1.29 is 14.3 Å². The van der Waals surface area contributed by atoms with E-state index in [4.69, 9.17) is 9.47 Å². The van der Waals surface area contributed by atoms with Gasteiger partial charge in [0.25, 0.3) is 0 Å². The van der Waals surface area contributed by atoms with Gasteiger partial charge in [-0.2, -0.15) is 0 Å². The Bertz CT molecular complexity index is 592. The quantitative estimate of drug-likeness (QED) is 0.341. The first kappa shape index (κ1) is 22.0. The minimum atomic E-state index is -0.269. The molecule has 3 heteroatoms. The molecule has 144 valence electrons. The summed E-state index contributed by atoms with van der Waals surface area (Å²) >= 11 is 0. The molecule has 1 rings (SSSR count). The van der Waals surface area contributed by atoms with Crippen LogP contribution in [0.3, 0.4) is 0 Å². The number of methoxy groups -OCH3 is 1. The van der Waals surface area contributed by atoms with Crippen molar-refractivity contribution >= 4 is 5.97 Å². The zero-order valence-corrected chi connectivity index (χ0v) is 17.0. The summed E-state index contributed by atoms with van der Waals surface area (Å²) in [6, 6.07) is 7.00. The summed E-state index contributed by atoms with van der Waals surface area (Å²) < 4.78 is 10.5. The Morgan fingerprint density at radius 1 is 1.04 bits per heavy atom. The molecule has 0 bridgehead atoms. The van der Waals surface area contributed by atoms with Gasteiger partial charge in [0.2, 0.25) is 0 Å². The number of hydrogen-bond acceptors (Lipinski definition) is 3. The molecule has 0 N–H and O–H groups in total. The van der Waals surface area contributed by atoms with Crippen molar-refractivity contribution in [2.24, 2.45) is 5.92 Å². The molecule has 3 nitrogen and oxygen atoms in total. The number of esters is 1. The van der Waals surface area contributed by atoms with E-state index in [1.807, 2.05) is 0 Å². The molecule has 0 radical (unpaired) electrons. The minimum Gasteiger partial charge on any atom is -0.497 e. The average molecular weight is 359 g/mol. The zero-order chi connectivity index (χ0) is 19.4. The largest absolute Gasteiger partial charge is 0.497 e. The third-order valence-corrected chi connectivity index (χ3v) is 4.41. The molecule has 26 heavy (non-hydrogen) atoms. The van der Waals surface area contributed by atoms with Crippen molar-refractivity contribution in [3.63, 3.8) is 0 Å². The first-order valence-corrected chi connectivity index (χ1v) is 9.52. The van der Waals surface area contributed by atoms with E-state index in [0.717, 1.165) is 37.9 Å². The maximum atomic E-state index is 12.0.